The van der Waals surface area contributed by atoms with Crippen molar-refractivity contribution in [3.8, 4) is 17.2 Å². The summed E-state index contributed by atoms with van der Waals surface area (Å²) in [4.78, 5) is 17.2. The van der Waals surface area contributed by atoms with Gasteiger partial charge in [0.25, 0.3) is 5.91 Å². The maximum Gasteiger partial charge on any atom is 0.253 e. The molecule has 4 nitrogen and oxygen atoms in total. The van der Waals surface area contributed by atoms with Gasteiger partial charge in [-0.05, 0) is 86.3 Å². The highest BCUT2D eigenvalue weighted by atomic mass is 16.2. The fraction of sp³-hybridized carbons (Fsp3) is 0.417. The van der Waals surface area contributed by atoms with Crippen molar-refractivity contribution in [1.29, 1.82) is 5.26 Å². The number of carbonyl (C=O) groups is 1. The maximum absolute atomic E-state index is 12.8. The van der Waals surface area contributed by atoms with Crippen LogP contribution in [0.4, 0.5) is 0 Å². The SMILES string of the molecule is CCN1CCC(CN(C)C(=O)c2ccc(-c3ccc(C#N)cc3C)cc2)CC1. The van der Waals surface area contributed by atoms with Crippen molar-refractivity contribution in [1.82, 2.24) is 9.80 Å². The van der Waals surface area contributed by atoms with E-state index in [9.17, 15) is 4.79 Å². The van der Waals surface area contributed by atoms with E-state index in [-0.39, 0.29) is 5.91 Å². The zero-order chi connectivity index (χ0) is 20.1. The highest BCUT2D eigenvalue weighted by Gasteiger charge is 2.21. The van der Waals surface area contributed by atoms with E-state index in [1.165, 1.54) is 12.8 Å². The van der Waals surface area contributed by atoms with Gasteiger partial charge in [0.05, 0.1) is 11.6 Å². The predicted molar refractivity (Wildman–Crippen MR) is 113 cm³/mol. The van der Waals surface area contributed by atoms with Crippen molar-refractivity contribution in [3.63, 3.8) is 0 Å². The Bertz CT molecular complexity index is 858. The third-order valence-corrected chi connectivity index (χ3v) is 5.83. The molecule has 0 bridgehead atoms. The van der Waals surface area contributed by atoms with Gasteiger partial charge in [0, 0.05) is 19.2 Å². The summed E-state index contributed by atoms with van der Waals surface area (Å²) in [5, 5.41) is 9.02. The van der Waals surface area contributed by atoms with Crippen molar-refractivity contribution in [2.24, 2.45) is 5.92 Å². The Hall–Kier alpha value is -2.64. The number of hydrogen-bond donors (Lipinski definition) is 0. The molecule has 1 saturated heterocycles. The van der Waals surface area contributed by atoms with E-state index >= 15 is 0 Å². The topological polar surface area (TPSA) is 47.3 Å². The predicted octanol–water partition coefficient (Wildman–Crippen LogP) is 4.34. The van der Waals surface area contributed by atoms with E-state index in [1.807, 2.05) is 61.3 Å². The number of nitriles is 1. The van der Waals surface area contributed by atoms with Crippen molar-refractivity contribution in [2.75, 3.05) is 33.2 Å². The minimum Gasteiger partial charge on any atom is -0.341 e. The Labute approximate surface area is 168 Å². The van der Waals surface area contributed by atoms with Gasteiger partial charge < -0.3 is 9.80 Å². The molecule has 0 aromatic heterocycles. The number of aryl methyl sites for hydroxylation is 1. The van der Waals surface area contributed by atoms with Gasteiger partial charge in [0.1, 0.15) is 0 Å². The molecule has 1 fully saturated rings. The summed E-state index contributed by atoms with van der Waals surface area (Å²) in [5.74, 6) is 0.679. The summed E-state index contributed by atoms with van der Waals surface area (Å²) < 4.78 is 0. The van der Waals surface area contributed by atoms with Crippen molar-refractivity contribution >= 4 is 5.91 Å². The van der Waals surface area contributed by atoms with Crippen LogP contribution in [0.2, 0.25) is 0 Å². The molecule has 0 atom stereocenters. The lowest BCUT2D eigenvalue weighted by atomic mass is 9.95. The number of likely N-dealkylation sites (tertiary alicyclic amines) is 1. The number of nitrogens with zero attached hydrogens (tertiary/aromatic N) is 3. The normalized spacial score (nSPS) is 15.2. The molecule has 0 N–H and O–H groups in total. The van der Waals surface area contributed by atoms with E-state index in [1.54, 1.807) is 0 Å². The van der Waals surface area contributed by atoms with Crippen LogP contribution in [0.1, 0.15) is 41.3 Å². The molecule has 1 aliphatic heterocycles. The van der Waals surface area contributed by atoms with E-state index in [4.69, 9.17) is 5.26 Å². The van der Waals surface area contributed by atoms with Gasteiger partial charge in [-0.2, -0.15) is 5.26 Å². The second-order valence-corrected chi connectivity index (χ2v) is 7.78. The highest BCUT2D eigenvalue weighted by molar-refractivity contribution is 5.94. The molecule has 0 unspecified atom stereocenters. The lowest BCUT2D eigenvalue weighted by Crippen LogP contribution is -2.39. The van der Waals surface area contributed by atoms with Crippen LogP contribution in [0.5, 0.6) is 0 Å². The molecule has 28 heavy (non-hydrogen) atoms. The molecule has 146 valence electrons. The van der Waals surface area contributed by atoms with Crippen molar-refractivity contribution in [3.05, 3.63) is 59.2 Å². The number of benzene rings is 2. The van der Waals surface area contributed by atoms with Crippen LogP contribution in [-0.4, -0.2) is 48.9 Å². The molecule has 0 spiro atoms. The number of hydrogen-bond acceptors (Lipinski definition) is 3. The minimum atomic E-state index is 0.0843. The first kappa shape index (κ1) is 20.1. The average molecular weight is 376 g/mol. The van der Waals surface area contributed by atoms with E-state index in [0.717, 1.165) is 48.4 Å². The van der Waals surface area contributed by atoms with Crippen LogP contribution in [0.25, 0.3) is 11.1 Å². The Balaban J connectivity index is 1.64. The van der Waals surface area contributed by atoms with Gasteiger partial charge in [-0.15, -0.1) is 0 Å². The van der Waals surface area contributed by atoms with Crippen LogP contribution in [0, 0.1) is 24.2 Å². The van der Waals surface area contributed by atoms with Crippen LogP contribution in [-0.2, 0) is 0 Å². The zero-order valence-corrected chi connectivity index (χ0v) is 17.1. The molecule has 1 aliphatic rings. The second kappa shape index (κ2) is 9.03. The largest absolute Gasteiger partial charge is 0.341 e. The fourth-order valence-corrected chi connectivity index (χ4v) is 4.03. The van der Waals surface area contributed by atoms with E-state index in [2.05, 4.69) is 17.9 Å². The number of rotatable bonds is 5. The molecular formula is C24H29N3O. The number of amides is 1. The summed E-state index contributed by atoms with van der Waals surface area (Å²) in [6, 6.07) is 15.7. The average Bonchev–Trinajstić information content (AvgIpc) is 2.73. The van der Waals surface area contributed by atoms with Gasteiger partial charge in [0.15, 0.2) is 0 Å². The van der Waals surface area contributed by atoms with E-state index < -0.39 is 0 Å². The zero-order valence-electron chi connectivity index (χ0n) is 17.1. The van der Waals surface area contributed by atoms with Crippen LogP contribution >= 0.6 is 0 Å². The highest BCUT2D eigenvalue weighted by Crippen LogP contribution is 2.25. The quantitative estimate of drug-likeness (QED) is 0.781. The Morgan fingerprint density at radius 3 is 2.43 bits per heavy atom. The molecule has 1 heterocycles. The number of carbonyl (C=O) groups excluding carboxylic acids is 1. The lowest BCUT2D eigenvalue weighted by Gasteiger charge is -2.33. The summed E-state index contributed by atoms with van der Waals surface area (Å²) in [7, 11) is 1.91. The molecule has 1 amide bonds. The van der Waals surface area contributed by atoms with Crippen LogP contribution in [0.15, 0.2) is 42.5 Å². The summed E-state index contributed by atoms with van der Waals surface area (Å²) in [6.45, 7) is 8.44. The third kappa shape index (κ3) is 4.61. The Kier molecular flexibility index (Phi) is 6.49. The molecule has 3 rings (SSSR count). The number of piperidine rings is 1. The maximum atomic E-state index is 12.8. The first-order valence-electron chi connectivity index (χ1n) is 10.1. The van der Waals surface area contributed by atoms with Crippen LogP contribution in [0.3, 0.4) is 0 Å². The molecular weight excluding hydrogens is 346 g/mol. The first-order valence-corrected chi connectivity index (χ1v) is 10.1. The fourth-order valence-electron chi connectivity index (χ4n) is 4.03. The minimum absolute atomic E-state index is 0.0843. The Morgan fingerprint density at radius 2 is 1.86 bits per heavy atom. The van der Waals surface area contributed by atoms with Gasteiger partial charge >= 0.3 is 0 Å². The molecule has 2 aromatic rings. The summed E-state index contributed by atoms with van der Waals surface area (Å²) in [6.07, 6.45) is 2.34. The molecule has 2 aromatic carbocycles. The molecule has 0 aliphatic carbocycles. The van der Waals surface area contributed by atoms with Crippen LogP contribution < -0.4 is 0 Å². The standard InChI is InChI=1S/C24H29N3O/c1-4-27-13-11-19(12-14-27)17-26(3)24(28)22-8-6-21(7-9-22)23-10-5-20(16-25)15-18(23)2/h5-10,15,19H,4,11-14,17H2,1-3H3. The van der Waals surface area contributed by atoms with Gasteiger partial charge in [-0.25, -0.2) is 0 Å². The summed E-state index contributed by atoms with van der Waals surface area (Å²) >= 11 is 0. The molecule has 0 saturated carbocycles. The smallest absolute Gasteiger partial charge is 0.253 e. The Morgan fingerprint density at radius 1 is 1.18 bits per heavy atom. The monoisotopic (exact) mass is 375 g/mol. The van der Waals surface area contributed by atoms with Crippen molar-refractivity contribution in [2.45, 2.75) is 26.7 Å². The van der Waals surface area contributed by atoms with Gasteiger partial charge in [-0.1, -0.05) is 25.1 Å². The molecule has 4 heteroatoms. The van der Waals surface area contributed by atoms with Crippen molar-refractivity contribution < 1.29 is 4.79 Å². The third-order valence-electron chi connectivity index (χ3n) is 5.83. The second-order valence-electron chi connectivity index (χ2n) is 7.78. The first-order chi connectivity index (χ1) is 13.5. The van der Waals surface area contributed by atoms with Gasteiger partial charge in [0.2, 0.25) is 0 Å². The van der Waals surface area contributed by atoms with Gasteiger partial charge in [-0.3, -0.25) is 4.79 Å². The molecule has 0 radical (unpaired) electrons. The lowest BCUT2D eigenvalue weighted by molar-refractivity contribution is 0.0741. The summed E-state index contributed by atoms with van der Waals surface area (Å²) in [5.41, 5.74) is 4.61. The van der Waals surface area contributed by atoms with E-state index in [0.29, 0.717) is 11.5 Å².